The van der Waals surface area contributed by atoms with E-state index in [0.717, 1.165) is 18.5 Å². The van der Waals surface area contributed by atoms with Gasteiger partial charge in [0.25, 0.3) is 0 Å². The van der Waals surface area contributed by atoms with Gasteiger partial charge in [-0.15, -0.1) is 0 Å². The van der Waals surface area contributed by atoms with Crippen molar-refractivity contribution in [3.63, 3.8) is 0 Å². The molecule has 12 heavy (non-hydrogen) atoms. The number of rotatable bonds is 2. The second-order valence-electron chi connectivity index (χ2n) is 3.17. The summed E-state index contributed by atoms with van der Waals surface area (Å²) in [6.07, 6.45) is 6.12. The highest BCUT2D eigenvalue weighted by Crippen LogP contribution is 2.33. The lowest BCUT2D eigenvalue weighted by molar-refractivity contribution is -0.0138. The summed E-state index contributed by atoms with van der Waals surface area (Å²) in [5.74, 6) is 0. The predicted molar refractivity (Wildman–Crippen MR) is 45.7 cm³/mol. The average Bonchev–Trinajstić information content (AvgIpc) is 2.35. The topological polar surface area (TPSA) is 53.1 Å². The smallest absolute Gasteiger partial charge is 0.0796 e. The van der Waals surface area contributed by atoms with Crippen molar-refractivity contribution < 1.29 is 4.74 Å². The number of hydrogen-bond acceptors (Lipinski definition) is 3. The van der Waals surface area contributed by atoms with Gasteiger partial charge in [0, 0.05) is 13.3 Å². The monoisotopic (exact) mass is 167 g/mol. The summed E-state index contributed by atoms with van der Waals surface area (Å²) >= 11 is 0. The van der Waals surface area contributed by atoms with E-state index in [1.54, 1.807) is 13.3 Å². The van der Waals surface area contributed by atoms with E-state index >= 15 is 0 Å². The minimum absolute atomic E-state index is 0.323. The average molecular weight is 167 g/mol. The lowest BCUT2D eigenvalue weighted by atomic mass is 9.89. The van der Waals surface area contributed by atoms with Crippen molar-refractivity contribution in [2.75, 3.05) is 12.8 Å². The Bertz CT molecular complexity index is 269. The van der Waals surface area contributed by atoms with Crippen LogP contribution in [0.4, 0.5) is 5.69 Å². The van der Waals surface area contributed by atoms with Crippen LogP contribution < -0.4 is 5.73 Å². The third-order valence-corrected chi connectivity index (χ3v) is 2.44. The highest BCUT2D eigenvalue weighted by molar-refractivity contribution is 5.30. The van der Waals surface area contributed by atoms with Crippen LogP contribution in [0.2, 0.25) is 0 Å². The zero-order chi connectivity index (χ0) is 8.55. The Hall–Kier alpha value is -1.03. The lowest BCUT2D eigenvalue weighted by Gasteiger charge is -2.35. The summed E-state index contributed by atoms with van der Waals surface area (Å²) in [4.78, 5) is 0. The van der Waals surface area contributed by atoms with Crippen LogP contribution in [0.5, 0.6) is 0 Å². The van der Waals surface area contributed by atoms with E-state index in [-0.39, 0.29) is 0 Å². The quantitative estimate of drug-likeness (QED) is 0.709. The van der Waals surface area contributed by atoms with Crippen molar-refractivity contribution in [2.45, 2.75) is 25.0 Å². The highest BCUT2D eigenvalue weighted by Gasteiger charge is 2.32. The highest BCUT2D eigenvalue weighted by atomic mass is 16.5. The zero-order valence-corrected chi connectivity index (χ0v) is 7.10. The third-order valence-electron chi connectivity index (χ3n) is 2.44. The van der Waals surface area contributed by atoms with Crippen LogP contribution in [0.25, 0.3) is 0 Å². The Morgan fingerprint density at radius 1 is 1.67 bits per heavy atom. The Balaban J connectivity index is 2.10. The molecule has 4 heteroatoms. The number of nitrogen functional groups attached to an aromatic ring is 1. The fraction of sp³-hybridized carbons (Fsp3) is 0.625. The van der Waals surface area contributed by atoms with E-state index in [2.05, 4.69) is 5.10 Å². The summed E-state index contributed by atoms with van der Waals surface area (Å²) in [6.45, 7) is 0. The fourth-order valence-electron chi connectivity index (χ4n) is 1.56. The third kappa shape index (κ3) is 1.08. The molecule has 0 radical (unpaired) electrons. The molecule has 1 aliphatic rings. The van der Waals surface area contributed by atoms with Crippen LogP contribution in [0.15, 0.2) is 12.4 Å². The molecule has 2 rings (SSSR count). The van der Waals surface area contributed by atoms with E-state index < -0.39 is 0 Å². The SMILES string of the molecule is COC1CC[C@@H]1n1cc(N)cn1. The van der Waals surface area contributed by atoms with Gasteiger partial charge in [0.05, 0.1) is 24.0 Å². The molecule has 0 aromatic carbocycles. The number of hydrogen-bond donors (Lipinski definition) is 1. The maximum atomic E-state index is 5.56. The maximum Gasteiger partial charge on any atom is 0.0796 e. The second kappa shape index (κ2) is 2.79. The van der Waals surface area contributed by atoms with Crippen molar-refractivity contribution in [3.8, 4) is 0 Å². The van der Waals surface area contributed by atoms with Crippen molar-refractivity contribution >= 4 is 5.69 Å². The number of methoxy groups -OCH3 is 1. The van der Waals surface area contributed by atoms with Gasteiger partial charge in [-0.25, -0.2) is 0 Å². The van der Waals surface area contributed by atoms with Crippen LogP contribution in [-0.2, 0) is 4.74 Å². The first-order chi connectivity index (χ1) is 5.81. The van der Waals surface area contributed by atoms with Crippen LogP contribution in [0.3, 0.4) is 0 Å². The molecule has 1 heterocycles. The van der Waals surface area contributed by atoms with Gasteiger partial charge in [0.1, 0.15) is 0 Å². The molecular weight excluding hydrogens is 154 g/mol. The van der Waals surface area contributed by atoms with Crippen LogP contribution in [-0.4, -0.2) is 23.0 Å². The van der Waals surface area contributed by atoms with Gasteiger partial charge in [0.2, 0.25) is 0 Å². The van der Waals surface area contributed by atoms with Gasteiger partial charge in [-0.1, -0.05) is 0 Å². The van der Waals surface area contributed by atoms with Crippen molar-refractivity contribution in [1.82, 2.24) is 9.78 Å². The largest absolute Gasteiger partial charge is 0.396 e. The maximum absolute atomic E-state index is 5.56. The zero-order valence-electron chi connectivity index (χ0n) is 7.10. The first kappa shape index (κ1) is 7.61. The van der Waals surface area contributed by atoms with Crippen LogP contribution >= 0.6 is 0 Å². The molecule has 0 saturated heterocycles. The molecule has 1 aliphatic carbocycles. The summed E-state index contributed by atoms with van der Waals surface area (Å²) in [5, 5.41) is 4.15. The Kier molecular flexibility index (Phi) is 1.77. The van der Waals surface area contributed by atoms with Gasteiger partial charge < -0.3 is 10.5 Å². The van der Waals surface area contributed by atoms with E-state index in [0.29, 0.717) is 12.1 Å². The van der Waals surface area contributed by atoms with E-state index in [1.807, 2.05) is 10.9 Å². The molecule has 1 unspecified atom stereocenters. The Labute approximate surface area is 71.3 Å². The molecule has 1 fully saturated rings. The number of nitrogens with two attached hydrogens (primary N) is 1. The summed E-state index contributed by atoms with van der Waals surface area (Å²) in [7, 11) is 1.74. The van der Waals surface area contributed by atoms with Crippen molar-refractivity contribution in [1.29, 1.82) is 0 Å². The summed E-state index contributed by atoms with van der Waals surface area (Å²) in [6, 6.07) is 0.396. The van der Waals surface area contributed by atoms with E-state index in [9.17, 15) is 0 Å². The molecule has 1 saturated carbocycles. The minimum atomic E-state index is 0.323. The van der Waals surface area contributed by atoms with Gasteiger partial charge in [0.15, 0.2) is 0 Å². The normalized spacial score (nSPS) is 28.4. The molecule has 0 spiro atoms. The predicted octanol–water partition coefficient (Wildman–Crippen LogP) is 0.815. The molecule has 2 N–H and O–H groups in total. The van der Waals surface area contributed by atoms with Gasteiger partial charge in [-0.2, -0.15) is 5.10 Å². The molecule has 4 nitrogen and oxygen atoms in total. The summed E-state index contributed by atoms with van der Waals surface area (Å²) < 4.78 is 7.16. The molecule has 0 bridgehead atoms. The van der Waals surface area contributed by atoms with Crippen LogP contribution in [0.1, 0.15) is 18.9 Å². The number of anilines is 1. The fourth-order valence-corrected chi connectivity index (χ4v) is 1.56. The molecule has 2 atom stereocenters. The minimum Gasteiger partial charge on any atom is -0.396 e. The molecule has 0 aliphatic heterocycles. The van der Waals surface area contributed by atoms with Crippen LogP contribution in [0, 0.1) is 0 Å². The second-order valence-corrected chi connectivity index (χ2v) is 3.17. The number of aromatic nitrogens is 2. The van der Waals surface area contributed by atoms with Crippen molar-refractivity contribution in [2.24, 2.45) is 0 Å². The first-order valence-corrected chi connectivity index (χ1v) is 4.13. The molecule has 66 valence electrons. The lowest BCUT2D eigenvalue weighted by Crippen LogP contribution is -2.35. The molecule has 1 aromatic heterocycles. The van der Waals surface area contributed by atoms with E-state index in [4.69, 9.17) is 10.5 Å². The Morgan fingerprint density at radius 2 is 2.50 bits per heavy atom. The van der Waals surface area contributed by atoms with Gasteiger partial charge >= 0.3 is 0 Å². The van der Waals surface area contributed by atoms with Gasteiger partial charge in [-0.05, 0) is 12.8 Å². The molecule has 0 amide bonds. The first-order valence-electron chi connectivity index (χ1n) is 4.13. The number of ether oxygens (including phenoxy) is 1. The standard InChI is InChI=1S/C8H13N3O/c1-12-8-3-2-7(8)11-5-6(9)4-10-11/h4-5,7-8H,2-3,9H2,1H3/t7-,8?/m0/s1. The molecular formula is C8H13N3O. The Morgan fingerprint density at radius 3 is 2.92 bits per heavy atom. The van der Waals surface area contributed by atoms with Crippen molar-refractivity contribution in [3.05, 3.63) is 12.4 Å². The summed E-state index contributed by atoms with van der Waals surface area (Å²) in [5.41, 5.74) is 6.28. The number of nitrogens with zero attached hydrogens (tertiary/aromatic N) is 2. The van der Waals surface area contributed by atoms with E-state index in [1.165, 1.54) is 0 Å². The van der Waals surface area contributed by atoms with Gasteiger partial charge in [-0.3, -0.25) is 4.68 Å². The molecule has 1 aromatic rings.